The van der Waals surface area contributed by atoms with Crippen molar-refractivity contribution in [1.29, 1.82) is 0 Å². The third-order valence-corrected chi connectivity index (χ3v) is 2.46. The van der Waals surface area contributed by atoms with Crippen LogP contribution in [0.4, 0.5) is 0 Å². The standard InChI is InChI=1S/C11H16N2O.C2H6/c1-3-10(7-12-5-1)9-14-11-4-2-6-13-8-11;1-2/h1,3,5,7,11,13H,2,4,6,8-9H2;1-2H3. The van der Waals surface area contributed by atoms with E-state index < -0.39 is 0 Å². The van der Waals surface area contributed by atoms with E-state index in [9.17, 15) is 0 Å². The minimum Gasteiger partial charge on any atom is -0.372 e. The number of piperidine rings is 1. The lowest BCUT2D eigenvalue weighted by Crippen LogP contribution is -2.35. The van der Waals surface area contributed by atoms with Crippen molar-refractivity contribution in [3.63, 3.8) is 0 Å². The van der Waals surface area contributed by atoms with Gasteiger partial charge in [0.05, 0.1) is 12.7 Å². The van der Waals surface area contributed by atoms with Gasteiger partial charge in [0.25, 0.3) is 0 Å². The Bertz CT molecular complexity index is 258. The predicted molar refractivity (Wildman–Crippen MR) is 66.3 cm³/mol. The zero-order valence-corrected chi connectivity index (χ0v) is 10.3. The summed E-state index contributed by atoms with van der Waals surface area (Å²) in [5.41, 5.74) is 1.15. The summed E-state index contributed by atoms with van der Waals surface area (Å²) < 4.78 is 5.77. The molecule has 0 saturated carbocycles. The molecule has 0 spiro atoms. The Morgan fingerprint density at radius 2 is 2.38 bits per heavy atom. The van der Waals surface area contributed by atoms with Crippen molar-refractivity contribution in [3.8, 4) is 0 Å². The number of hydrogen-bond donors (Lipinski definition) is 1. The van der Waals surface area contributed by atoms with Crippen molar-refractivity contribution in [2.24, 2.45) is 0 Å². The van der Waals surface area contributed by atoms with E-state index in [1.165, 1.54) is 12.8 Å². The Hall–Kier alpha value is -0.930. The van der Waals surface area contributed by atoms with E-state index in [1.54, 1.807) is 6.20 Å². The molecule has 16 heavy (non-hydrogen) atoms. The van der Waals surface area contributed by atoms with Gasteiger partial charge in [0.2, 0.25) is 0 Å². The molecule has 2 heterocycles. The van der Waals surface area contributed by atoms with Crippen LogP contribution in [0.3, 0.4) is 0 Å². The molecule has 1 aliphatic heterocycles. The number of pyridine rings is 1. The largest absolute Gasteiger partial charge is 0.372 e. The van der Waals surface area contributed by atoms with Gasteiger partial charge in [-0.1, -0.05) is 19.9 Å². The smallest absolute Gasteiger partial charge is 0.0736 e. The van der Waals surface area contributed by atoms with Gasteiger partial charge in [0.15, 0.2) is 0 Å². The van der Waals surface area contributed by atoms with E-state index in [4.69, 9.17) is 4.74 Å². The fraction of sp³-hybridized carbons (Fsp3) is 0.615. The molecule has 1 N–H and O–H groups in total. The van der Waals surface area contributed by atoms with Crippen molar-refractivity contribution < 1.29 is 4.74 Å². The first-order valence-corrected chi connectivity index (χ1v) is 6.16. The van der Waals surface area contributed by atoms with Crippen LogP contribution in [0.25, 0.3) is 0 Å². The maximum atomic E-state index is 5.77. The van der Waals surface area contributed by atoms with Crippen LogP contribution in [0.15, 0.2) is 24.5 Å². The number of ether oxygens (including phenoxy) is 1. The van der Waals surface area contributed by atoms with Gasteiger partial charge >= 0.3 is 0 Å². The van der Waals surface area contributed by atoms with Crippen LogP contribution in [-0.4, -0.2) is 24.2 Å². The van der Waals surface area contributed by atoms with Crippen molar-refractivity contribution in [2.45, 2.75) is 39.4 Å². The lowest BCUT2D eigenvalue weighted by Gasteiger charge is -2.22. The number of nitrogens with one attached hydrogen (secondary N) is 1. The van der Waals surface area contributed by atoms with E-state index in [1.807, 2.05) is 32.2 Å². The molecule has 0 amide bonds. The second kappa shape index (κ2) is 8.25. The third-order valence-electron chi connectivity index (χ3n) is 2.46. The van der Waals surface area contributed by atoms with E-state index in [0.717, 1.165) is 18.7 Å². The molecular formula is C13H22N2O. The SMILES string of the molecule is CC.c1cncc(COC2CCCNC2)c1. The molecule has 3 heteroatoms. The first-order valence-electron chi connectivity index (χ1n) is 6.16. The van der Waals surface area contributed by atoms with Crippen LogP contribution < -0.4 is 5.32 Å². The number of hydrogen-bond acceptors (Lipinski definition) is 3. The van der Waals surface area contributed by atoms with Gasteiger partial charge in [-0.15, -0.1) is 0 Å². The van der Waals surface area contributed by atoms with Crippen LogP contribution in [0.5, 0.6) is 0 Å². The molecule has 1 fully saturated rings. The number of nitrogens with zero attached hydrogens (tertiary/aromatic N) is 1. The van der Waals surface area contributed by atoms with Crippen LogP contribution in [0.2, 0.25) is 0 Å². The van der Waals surface area contributed by atoms with Gasteiger partial charge in [0.1, 0.15) is 0 Å². The van der Waals surface area contributed by atoms with E-state index in [0.29, 0.717) is 12.7 Å². The summed E-state index contributed by atoms with van der Waals surface area (Å²) in [4.78, 5) is 4.05. The normalized spacial score (nSPS) is 19.8. The van der Waals surface area contributed by atoms with Gasteiger partial charge in [-0.25, -0.2) is 0 Å². The Balaban J connectivity index is 0.000000606. The second-order valence-corrected chi connectivity index (χ2v) is 3.64. The molecular weight excluding hydrogens is 200 g/mol. The molecule has 0 aromatic carbocycles. The summed E-state index contributed by atoms with van der Waals surface area (Å²) in [6, 6.07) is 3.99. The molecule has 1 unspecified atom stereocenters. The monoisotopic (exact) mass is 222 g/mol. The van der Waals surface area contributed by atoms with Crippen LogP contribution in [-0.2, 0) is 11.3 Å². The molecule has 90 valence electrons. The summed E-state index contributed by atoms with van der Waals surface area (Å²) in [6.45, 7) is 6.80. The van der Waals surface area contributed by atoms with E-state index >= 15 is 0 Å². The van der Waals surface area contributed by atoms with E-state index in [-0.39, 0.29) is 0 Å². The van der Waals surface area contributed by atoms with Crippen LogP contribution >= 0.6 is 0 Å². The highest BCUT2D eigenvalue weighted by Crippen LogP contribution is 2.08. The van der Waals surface area contributed by atoms with Crippen molar-refractivity contribution in [1.82, 2.24) is 10.3 Å². The second-order valence-electron chi connectivity index (χ2n) is 3.64. The summed E-state index contributed by atoms with van der Waals surface area (Å²) in [6.07, 6.45) is 6.41. The Labute approximate surface area is 98.2 Å². The fourth-order valence-electron chi connectivity index (χ4n) is 1.66. The quantitative estimate of drug-likeness (QED) is 0.852. The average Bonchev–Trinajstić information content (AvgIpc) is 2.41. The summed E-state index contributed by atoms with van der Waals surface area (Å²) in [7, 11) is 0. The average molecular weight is 222 g/mol. The lowest BCUT2D eigenvalue weighted by atomic mass is 10.1. The van der Waals surface area contributed by atoms with Crippen molar-refractivity contribution >= 4 is 0 Å². The molecule has 1 aliphatic rings. The van der Waals surface area contributed by atoms with Gasteiger partial charge in [-0.05, 0) is 31.0 Å². The van der Waals surface area contributed by atoms with Crippen LogP contribution in [0, 0.1) is 0 Å². The number of rotatable bonds is 3. The first kappa shape index (κ1) is 13.1. The highest BCUT2D eigenvalue weighted by Gasteiger charge is 2.12. The minimum absolute atomic E-state index is 0.379. The van der Waals surface area contributed by atoms with Gasteiger partial charge in [0, 0.05) is 18.9 Å². The molecule has 0 bridgehead atoms. The van der Waals surface area contributed by atoms with Crippen LogP contribution in [0.1, 0.15) is 32.3 Å². The molecule has 2 rings (SSSR count). The maximum absolute atomic E-state index is 5.77. The predicted octanol–water partition coefficient (Wildman–Crippen LogP) is 2.38. The minimum atomic E-state index is 0.379. The highest BCUT2D eigenvalue weighted by molar-refractivity contribution is 5.06. The molecule has 1 atom stereocenters. The molecule has 0 radical (unpaired) electrons. The van der Waals surface area contributed by atoms with Gasteiger partial charge < -0.3 is 10.1 Å². The molecule has 1 aromatic rings. The Kier molecular flexibility index (Phi) is 6.77. The lowest BCUT2D eigenvalue weighted by molar-refractivity contribution is 0.0252. The zero-order chi connectivity index (χ0) is 11.6. The highest BCUT2D eigenvalue weighted by atomic mass is 16.5. The molecule has 3 nitrogen and oxygen atoms in total. The number of aromatic nitrogens is 1. The topological polar surface area (TPSA) is 34.1 Å². The van der Waals surface area contributed by atoms with E-state index in [2.05, 4.69) is 10.3 Å². The summed E-state index contributed by atoms with van der Waals surface area (Å²) in [5, 5.41) is 3.33. The summed E-state index contributed by atoms with van der Waals surface area (Å²) in [5.74, 6) is 0. The maximum Gasteiger partial charge on any atom is 0.0736 e. The Morgan fingerprint density at radius 1 is 1.50 bits per heavy atom. The molecule has 1 aromatic heterocycles. The third kappa shape index (κ3) is 4.73. The Morgan fingerprint density at radius 3 is 3.00 bits per heavy atom. The summed E-state index contributed by atoms with van der Waals surface area (Å²) >= 11 is 0. The van der Waals surface area contributed by atoms with Crippen molar-refractivity contribution in [2.75, 3.05) is 13.1 Å². The van der Waals surface area contributed by atoms with Gasteiger partial charge in [-0.2, -0.15) is 0 Å². The molecule has 0 aliphatic carbocycles. The first-order chi connectivity index (χ1) is 7.95. The van der Waals surface area contributed by atoms with Crippen molar-refractivity contribution in [3.05, 3.63) is 30.1 Å². The molecule has 1 saturated heterocycles. The fourth-order valence-corrected chi connectivity index (χ4v) is 1.66. The zero-order valence-electron chi connectivity index (χ0n) is 10.3. The van der Waals surface area contributed by atoms with Gasteiger partial charge in [-0.3, -0.25) is 4.98 Å².